The Morgan fingerprint density at radius 2 is 1.88 bits per heavy atom. The van der Waals surface area contributed by atoms with Crippen LogP contribution in [0.4, 0.5) is 4.39 Å². The van der Waals surface area contributed by atoms with Crippen LogP contribution in [0, 0.1) is 5.82 Å². The quantitative estimate of drug-likeness (QED) is 0.891. The van der Waals surface area contributed by atoms with Crippen LogP contribution in [0.3, 0.4) is 0 Å². The SMILES string of the molecule is CN(C(=O)c1ccc(COc2ccc(F)cc2)o1)C1CC2CCC(C1)N2. The normalized spacial score (nSPS) is 24.5. The number of nitrogens with one attached hydrogen (secondary N) is 1. The first-order chi connectivity index (χ1) is 12.6. The first kappa shape index (κ1) is 17.1. The van der Waals surface area contributed by atoms with E-state index in [0.29, 0.717) is 29.4 Å². The average molecular weight is 358 g/mol. The van der Waals surface area contributed by atoms with Gasteiger partial charge in [-0.25, -0.2) is 4.39 Å². The Bertz CT molecular complexity index is 762. The minimum atomic E-state index is -0.308. The number of carbonyl (C=O) groups excluding carboxylic acids is 1. The van der Waals surface area contributed by atoms with E-state index >= 15 is 0 Å². The molecule has 2 saturated heterocycles. The number of piperidine rings is 1. The lowest BCUT2D eigenvalue weighted by molar-refractivity contribution is 0.0646. The maximum absolute atomic E-state index is 12.9. The van der Waals surface area contributed by atoms with Crippen LogP contribution in [0.25, 0.3) is 0 Å². The number of hydrogen-bond donors (Lipinski definition) is 1. The van der Waals surface area contributed by atoms with Gasteiger partial charge in [-0.15, -0.1) is 0 Å². The van der Waals surface area contributed by atoms with Gasteiger partial charge in [-0.3, -0.25) is 4.79 Å². The highest BCUT2D eigenvalue weighted by molar-refractivity contribution is 5.91. The maximum atomic E-state index is 12.9. The summed E-state index contributed by atoms with van der Waals surface area (Å²) in [4.78, 5) is 14.5. The zero-order chi connectivity index (χ0) is 18.1. The van der Waals surface area contributed by atoms with E-state index in [2.05, 4.69) is 5.32 Å². The predicted molar refractivity (Wildman–Crippen MR) is 94.5 cm³/mol. The highest BCUT2D eigenvalue weighted by atomic mass is 19.1. The van der Waals surface area contributed by atoms with Gasteiger partial charge in [0.15, 0.2) is 5.76 Å². The Kier molecular flexibility index (Phi) is 4.68. The highest BCUT2D eigenvalue weighted by Crippen LogP contribution is 2.30. The average Bonchev–Trinajstić information content (AvgIpc) is 3.26. The minimum absolute atomic E-state index is 0.0932. The van der Waals surface area contributed by atoms with E-state index in [-0.39, 0.29) is 24.4 Å². The molecule has 4 rings (SSSR count). The number of hydrogen-bond acceptors (Lipinski definition) is 4. The van der Waals surface area contributed by atoms with Crippen molar-refractivity contribution < 1.29 is 18.3 Å². The Labute approximate surface area is 152 Å². The molecule has 2 fully saturated rings. The molecule has 2 aromatic rings. The molecular weight excluding hydrogens is 335 g/mol. The number of fused-ring (bicyclic) bond motifs is 2. The summed E-state index contributed by atoms with van der Waals surface area (Å²) in [6.07, 6.45) is 4.41. The summed E-state index contributed by atoms with van der Waals surface area (Å²) in [5, 5.41) is 3.59. The van der Waals surface area contributed by atoms with Gasteiger partial charge in [-0.2, -0.15) is 0 Å². The number of furan rings is 1. The van der Waals surface area contributed by atoms with Gasteiger partial charge in [-0.05, 0) is 62.1 Å². The molecule has 2 aliphatic rings. The number of rotatable bonds is 5. The topological polar surface area (TPSA) is 54.7 Å². The molecule has 2 unspecified atom stereocenters. The van der Waals surface area contributed by atoms with Gasteiger partial charge < -0.3 is 19.4 Å². The zero-order valence-corrected chi connectivity index (χ0v) is 14.8. The lowest BCUT2D eigenvalue weighted by Crippen LogP contribution is -2.48. The summed E-state index contributed by atoms with van der Waals surface area (Å²) in [5.41, 5.74) is 0. The summed E-state index contributed by atoms with van der Waals surface area (Å²) in [7, 11) is 1.86. The first-order valence-electron chi connectivity index (χ1n) is 9.09. The number of benzene rings is 1. The van der Waals surface area contributed by atoms with Crippen molar-refractivity contribution in [1.29, 1.82) is 0 Å². The van der Waals surface area contributed by atoms with Gasteiger partial charge in [0.1, 0.15) is 23.9 Å². The fourth-order valence-corrected chi connectivity index (χ4v) is 3.94. The molecule has 0 spiro atoms. The van der Waals surface area contributed by atoms with Gasteiger partial charge in [-0.1, -0.05) is 0 Å². The third-order valence-electron chi connectivity index (χ3n) is 5.38. The van der Waals surface area contributed by atoms with Crippen molar-refractivity contribution in [1.82, 2.24) is 10.2 Å². The molecule has 0 saturated carbocycles. The van der Waals surface area contributed by atoms with Crippen molar-refractivity contribution in [2.24, 2.45) is 0 Å². The standard InChI is InChI=1S/C20H23FN2O3/c1-23(16-10-14-4-5-15(11-16)22-14)20(24)19-9-8-18(26-19)12-25-17-6-2-13(21)3-7-17/h2-3,6-9,14-16,22H,4-5,10-12H2,1H3. The summed E-state index contributed by atoms with van der Waals surface area (Å²) in [5.74, 6) is 1.05. The number of carbonyl (C=O) groups is 1. The van der Waals surface area contributed by atoms with Gasteiger partial charge in [0.25, 0.3) is 5.91 Å². The van der Waals surface area contributed by atoms with Crippen molar-refractivity contribution in [3.05, 3.63) is 53.7 Å². The molecule has 1 aromatic carbocycles. The molecule has 3 heterocycles. The van der Waals surface area contributed by atoms with Crippen molar-refractivity contribution in [3.8, 4) is 5.75 Å². The number of halogens is 1. The Morgan fingerprint density at radius 3 is 2.58 bits per heavy atom. The molecule has 2 atom stereocenters. The molecule has 2 aliphatic heterocycles. The van der Waals surface area contributed by atoms with E-state index in [9.17, 15) is 9.18 Å². The van der Waals surface area contributed by atoms with Crippen LogP contribution in [0.2, 0.25) is 0 Å². The number of amides is 1. The molecular formula is C20H23FN2O3. The highest BCUT2D eigenvalue weighted by Gasteiger charge is 2.37. The van der Waals surface area contributed by atoms with Crippen LogP contribution in [0.5, 0.6) is 5.75 Å². The van der Waals surface area contributed by atoms with Crippen LogP contribution in [-0.2, 0) is 6.61 Å². The van der Waals surface area contributed by atoms with Crippen LogP contribution in [0.1, 0.15) is 42.0 Å². The largest absolute Gasteiger partial charge is 0.486 e. The van der Waals surface area contributed by atoms with E-state index in [0.717, 1.165) is 12.8 Å². The van der Waals surface area contributed by atoms with E-state index in [1.54, 1.807) is 24.3 Å². The molecule has 6 heteroatoms. The molecule has 0 radical (unpaired) electrons. The second kappa shape index (κ2) is 7.11. The van der Waals surface area contributed by atoms with E-state index < -0.39 is 0 Å². The summed E-state index contributed by atoms with van der Waals surface area (Å²) in [6, 6.07) is 10.6. The van der Waals surface area contributed by atoms with E-state index in [1.165, 1.54) is 25.0 Å². The Balaban J connectivity index is 1.35. The number of nitrogens with zero attached hydrogens (tertiary/aromatic N) is 1. The van der Waals surface area contributed by atoms with Crippen molar-refractivity contribution in [2.45, 2.75) is 50.4 Å². The minimum Gasteiger partial charge on any atom is -0.486 e. The van der Waals surface area contributed by atoms with Gasteiger partial charge in [0.05, 0.1) is 0 Å². The van der Waals surface area contributed by atoms with Crippen LogP contribution in [0.15, 0.2) is 40.8 Å². The van der Waals surface area contributed by atoms with E-state index in [1.807, 2.05) is 11.9 Å². The van der Waals surface area contributed by atoms with Crippen molar-refractivity contribution in [2.75, 3.05) is 7.05 Å². The van der Waals surface area contributed by atoms with Gasteiger partial charge in [0.2, 0.25) is 0 Å². The Morgan fingerprint density at radius 1 is 1.19 bits per heavy atom. The molecule has 26 heavy (non-hydrogen) atoms. The zero-order valence-electron chi connectivity index (χ0n) is 14.8. The second-order valence-corrected chi connectivity index (χ2v) is 7.19. The summed E-state index contributed by atoms with van der Waals surface area (Å²) < 4.78 is 24.1. The second-order valence-electron chi connectivity index (χ2n) is 7.19. The smallest absolute Gasteiger partial charge is 0.289 e. The fraction of sp³-hybridized carbons (Fsp3) is 0.450. The first-order valence-corrected chi connectivity index (χ1v) is 9.09. The Hall–Kier alpha value is -2.34. The molecule has 1 N–H and O–H groups in total. The maximum Gasteiger partial charge on any atom is 0.289 e. The molecule has 1 aromatic heterocycles. The number of ether oxygens (including phenoxy) is 1. The van der Waals surface area contributed by atoms with Crippen molar-refractivity contribution >= 4 is 5.91 Å². The monoisotopic (exact) mass is 358 g/mol. The third kappa shape index (κ3) is 3.60. The van der Waals surface area contributed by atoms with E-state index in [4.69, 9.17) is 9.15 Å². The fourth-order valence-electron chi connectivity index (χ4n) is 3.94. The lowest BCUT2D eigenvalue weighted by Gasteiger charge is -2.35. The van der Waals surface area contributed by atoms with Crippen LogP contribution < -0.4 is 10.1 Å². The summed E-state index contributed by atoms with van der Waals surface area (Å²) >= 11 is 0. The van der Waals surface area contributed by atoms with Gasteiger partial charge >= 0.3 is 0 Å². The lowest BCUT2D eigenvalue weighted by atomic mass is 9.98. The molecule has 5 nitrogen and oxygen atoms in total. The van der Waals surface area contributed by atoms with Crippen LogP contribution >= 0.6 is 0 Å². The third-order valence-corrected chi connectivity index (χ3v) is 5.38. The predicted octanol–water partition coefficient (Wildman–Crippen LogP) is 3.35. The van der Waals surface area contributed by atoms with Crippen molar-refractivity contribution in [3.63, 3.8) is 0 Å². The molecule has 138 valence electrons. The van der Waals surface area contributed by atoms with Gasteiger partial charge in [0, 0.05) is 25.2 Å². The van der Waals surface area contributed by atoms with Crippen LogP contribution in [-0.4, -0.2) is 36.0 Å². The molecule has 2 bridgehead atoms. The summed E-state index contributed by atoms with van der Waals surface area (Å²) in [6.45, 7) is 0.195. The molecule has 0 aliphatic carbocycles. The molecule has 1 amide bonds.